The fraction of sp³-hybridized carbons (Fsp3) is 0.744. The lowest BCUT2D eigenvalue weighted by Gasteiger charge is -2.29. The highest BCUT2D eigenvalue weighted by Gasteiger charge is 2.23. The second-order valence-corrected chi connectivity index (χ2v) is 16.4. The van der Waals surface area contributed by atoms with Crippen molar-refractivity contribution in [3.63, 3.8) is 0 Å². The highest BCUT2D eigenvalue weighted by Crippen LogP contribution is 2.38. The number of allylic oxidation sites excluding steroid dienone is 9. The Labute approximate surface area is 320 Å². The SMILES string of the molecule is CCCCCCCC/C=C\C/C=C\CCC(=O)NC(COP(=O)([O-])OCC[N+](C)(C)C)C(O)/C=C/CC/C=C/CC/C=C/CCCCCCCCC. The van der Waals surface area contributed by atoms with Crippen LogP contribution in [-0.4, -0.2) is 68.5 Å². The molecule has 302 valence electrons. The Morgan fingerprint density at radius 3 is 1.67 bits per heavy atom. The highest BCUT2D eigenvalue weighted by molar-refractivity contribution is 7.45. The molecule has 0 heterocycles. The van der Waals surface area contributed by atoms with E-state index in [1.54, 1.807) is 6.08 Å². The predicted molar refractivity (Wildman–Crippen MR) is 219 cm³/mol. The van der Waals surface area contributed by atoms with Gasteiger partial charge in [0.1, 0.15) is 13.2 Å². The zero-order chi connectivity index (χ0) is 38.6. The Balaban J connectivity index is 4.66. The van der Waals surface area contributed by atoms with Crippen LogP contribution in [0.5, 0.6) is 0 Å². The van der Waals surface area contributed by atoms with E-state index in [1.165, 1.54) is 89.9 Å². The number of phosphoric acid groups is 1. The normalized spacial score (nSPS) is 15.1. The van der Waals surface area contributed by atoms with E-state index in [2.05, 4.69) is 55.6 Å². The Hall–Kier alpha value is -1.80. The summed E-state index contributed by atoms with van der Waals surface area (Å²) in [6, 6.07) is -0.940. The maximum Gasteiger partial charge on any atom is 0.268 e. The van der Waals surface area contributed by atoms with Gasteiger partial charge in [0.2, 0.25) is 5.91 Å². The van der Waals surface area contributed by atoms with E-state index >= 15 is 0 Å². The van der Waals surface area contributed by atoms with Crippen LogP contribution in [0.1, 0.15) is 155 Å². The van der Waals surface area contributed by atoms with Gasteiger partial charge in [-0.1, -0.05) is 145 Å². The summed E-state index contributed by atoms with van der Waals surface area (Å²) in [6.45, 7) is 4.53. The van der Waals surface area contributed by atoms with Crippen molar-refractivity contribution in [1.29, 1.82) is 0 Å². The second kappa shape index (κ2) is 34.9. The molecule has 0 radical (unpaired) electrons. The zero-order valence-electron chi connectivity index (χ0n) is 34.0. The summed E-state index contributed by atoms with van der Waals surface area (Å²) in [5.74, 6) is -0.282. The third-order valence-electron chi connectivity index (χ3n) is 8.69. The number of carbonyl (C=O) groups is 1. The monoisotopic (exact) mass is 751 g/mol. The summed E-state index contributed by atoms with van der Waals surface area (Å²) < 4.78 is 23.1. The molecule has 1 amide bonds. The molecule has 8 nitrogen and oxygen atoms in total. The highest BCUT2D eigenvalue weighted by atomic mass is 31.2. The zero-order valence-corrected chi connectivity index (χ0v) is 34.9. The largest absolute Gasteiger partial charge is 0.756 e. The van der Waals surface area contributed by atoms with Gasteiger partial charge in [-0.15, -0.1) is 0 Å². The van der Waals surface area contributed by atoms with Crippen LogP contribution in [-0.2, 0) is 18.4 Å². The van der Waals surface area contributed by atoms with Crippen molar-refractivity contribution in [2.75, 3.05) is 40.9 Å². The van der Waals surface area contributed by atoms with Gasteiger partial charge in [-0.05, 0) is 64.2 Å². The molecule has 0 aliphatic heterocycles. The first-order chi connectivity index (χ1) is 25.0. The van der Waals surface area contributed by atoms with Crippen LogP contribution >= 0.6 is 7.82 Å². The van der Waals surface area contributed by atoms with E-state index in [0.29, 0.717) is 17.4 Å². The number of nitrogens with one attached hydrogen (secondary N) is 1. The van der Waals surface area contributed by atoms with Crippen molar-refractivity contribution in [3.05, 3.63) is 60.8 Å². The molecule has 52 heavy (non-hydrogen) atoms. The summed E-state index contributed by atoms with van der Waals surface area (Å²) in [4.78, 5) is 25.2. The topological polar surface area (TPSA) is 108 Å². The summed E-state index contributed by atoms with van der Waals surface area (Å²) in [5, 5.41) is 13.7. The smallest absolute Gasteiger partial charge is 0.268 e. The first-order valence-corrected chi connectivity index (χ1v) is 22.1. The average Bonchev–Trinajstić information content (AvgIpc) is 3.09. The van der Waals surface area contributed by atoms with Gasteiger partial charge >= 0.3 is 0 Å². The molecule has 3 unspecified atom stereocenters. The van der Waals surface area contributed by atoms with Crippen LogP contribution in [0.15, 0.2) is 60.8 Å². The first kappa shape index (κ1) is 50.2. The summed E-state index contributed by atoms with van der Waals surface area (Å²) in [7, 11) is 1.19. The number of aliphatic hydroxyl groups is 1. The Morgan fingerprint density at radius 1 is 0.673 bits per heavy atom. The number of quaternary nitrogens is 1. The van der Waals surface area contributed by atoms with Crippen LogP contribution in [0.2, 0.25) is 0 Å². The van der Waals surface area contributed by atoms with Crippen LogP contribution in [0, 0.1) is 0 Å². The van der Waals surface area contributed by atoms with E-state index < -0.39 is 26.6 Å². The number of amides is 1. The molecular formula is C43H79N2O6P. The van der Waals surface area contributed by atoms with E-state index in [1.807, 2.05) is 39.4 Å². The van der Waals surface area contributed by atoms with Gasteiger partial charge < -0.3 is 28.8 Å². The number of rotatable bonds is 36. The molecule has 0 saturated heterocycles. The number of unbranched alkanes of at least 4 members (excludes halogenated alkanes) is 15. The molecule has 2 N–H and O–H groups in total. The molecule has 0 bridgehead atoms. The van der Waals surface area contributed by atoms with Gasteiger partial charge in [0.25, 0.3) is 7.82 Å². The molecule has 0 aliphatic carbocycles. The van der Waals surface area contributed by atoms with Gasteiger partial charge in [-0.3, -0.25) is 9.36 Å². The third kappa shape index (κ3) is 36.6. The van der Waals surface area contributed by atoms with E-state index in [4.69, 9.17) is 9.05 Å². The van der Waals surface area contributed by atoms with Crippen molar-refractivity contribution in [1.82, 2.24) is 5.32 Å². The van der Waals surface area contributed by atoms with Crippen LogP contribution in [0.25, 0.3) is 0 Å². The fourth-order valence-electron chi connectivity index (χ4n) is 5.35. The molecule has 0 saturated carbocycles. The Kier molecular flexibility index (Phi) is 33.7. The molecule has 0 aromatic rings. The predicted octanol–water partition coefficient (Wildman–Crippen LogP) is 10.4. The molecule has 0 aliphatic rings. The second-order valence-electron chi connectivity index (χ2n) is 15.0. The molecule has 0 aromatic heterocycles. The number of nitrogens with zero attached hydrogens (tertiary/aromatic N) is 1. The standard InChI is InChI=1S/C43H79N2O6P/c1-6-8-10-12-14-16-18-20-21-22-23-25-26-28-30-32-34-36-42(46)41(40-51-52(48,49)50-39-38-45(3,4)5)44-43(47)37-35-33-31-29-27-24-19-17-15-13-11-9-7-2/h21-22,24,26-28,31,33-34,36,41-42,46H,6-20,23,25,29-30,32,35,37-40H2,1-5H3,(H-,44,47,48,49)/b22-21+,27-24-,28-26+,33-31-,36-34+. The molecule has 0 rings (SSSR count). The van der Waals surface area contributed by atoms with Crippen molar-refractivity contribution in [2.24, 2.45) is 0 Å². The number of carbonyl (C=O) groups excluding carboxylic acids is 1. The minimum absolute atomic E-state index is 0.0204. The van der Waals surface area contributed by atoms with Gasteiger partial charge in [0.05, 0.1) is 39.9 Å². The molecular weight excluding hydrogens is 671 g/mol. The molecule has 0 fully saturated rings. The summed E-state index contributed by atoms with van der Waals surface area (Å²) in [6.07, 6.45) is 44.3. The van der Waals surface area contributed by atoms with Gasteiger partial charge in [-0.25, -0.2) is 0 Å². The maximum absolute atomic E-state index is 12.8. The molecule has 0 spiro atoms. The maximum atomic E-state index is 12.8. The van der Waals surface area contributed by atoms with Crippen LogP contribution < -0.4 is 10.2 Å². The van der Waals surface area contributed by atoms with Crippen molar-refractivity contribution >= 4 is 13.7 Å². The van der Waals surface area contributed by atoms with Gasteiger partial charge in [0.15, 0.2) is 0 Å². The number of hydrogen-bond acceptors (Lipinski definition) is 6. The van der Waals surface area contributed by atoms with Gasteiger partial charge in [-0.2, -0.15) is 0 Å². The lowest BCUT2D eigenvalue weighted by atomic mass is 10.1. The number of likely N-dealkylation sites (N-methyl/N-ethyl adjacent to an activating group) is 1. The summed E-state index contributed by atoms with van der Waals surface area (Å²) >= 11 is 0. The van der Waals surface area contributed by atoms with Crippen molar-refractivity contribution in [3.8, 4) is 0 Å². The van der Waals surface area contributed by atoms with Crippen molar-refractivity contribution < 1.29 is 32.9 Å². The molecule has 3 atom stereocenters. The number of aliphatic hydroxyl groups excluding tert-OH is 1. The van der Waals surface area contributed by atoms with E-state index in [9.17, 15) is 19.4 Å². The molecule has 9 heteroatoms. The minimum Gasteiger partial charge on any atom is -0.756 e. The van der Waals surface area contributed by atoms with Crippen LogP contribution in [0.3, 0.4) is 0 Å². The number of phosphoric ester groups is 1. The average molecular weight is 751 g/mol. The minimum atomic E-state index is -4.61. The van der Waals surface area contributed by atoms with Crippen LogP contribution in [0.4, 0.5) is 0 Å². The fourth-order valence-corrected chi connectivity index (χ4v) is 6.07. The van der Waals surface area contributed by atoms with Crippen molar-refractivity contribution in [2.45, 2.75) is 167 Å². The number of hydrogen-bond donors (Lipinski definition) is 2. The first-order valence-electron chi connectivity index (χ1n) is 20.7. The molecule has 0 aromatic carbocycles. The Bertz CT molecular complexity index is 1030. The lowest BCUT2D eigenvalue weighted by Crippen LogP contribution is -2.45. The quantitative estimate of drug-likeness (QED) is 0.0286. The third-order valence-corrected chi connectivity index (χ3v) is 9.66. The lowest BCUT2D eigenvalue weighted by molar-refractivity contribution is -0.870. The van der Waals surface area contributed by atoms with E-state index in [0.717, 1.165) is 38.5 Å². The van der Waals surface area contributed by atoms with E-state index in [-0.39, 0.29) is 18.9 Å². The Morgan fingerprint density at radius 2 is 1.13 bits per heavy atom. The van der Waals surface area contributed by atoms with Gasteiger partial charge in [0, 0.05) is 6.42 Å². The summed E-state index contributed by atoms with van der Waals surface area (Å²) in [5.41, 5.74) is 0.